The van der Waals surface area contributed by atoms with Crippen molar-refractivity contribution in [3.8, 4) is 5.75 Å². The number of nitrogens with zero attached hydrogens (tertiary/aromatic N) is 2. The fourth-order valence-corrected chi connectivity index (χ4v) is 5.59. The Kier molecular flexibility index (Phi) is 6.27. The Bertz CT molecular complexity index is 1190. The molecular formula is C31H41N2O+. The third-order valence-corrected chi connectivity index (χ3v) is 7.73. The van der Waals surface area contributed by atoms with E-state index < -0.39 is 0 Å². The highest BCUT2D eigenvalue weighted by atomic mass is 16.5. The minimum atomic E-state index is -0.0902. The van der Waals surface area contributed by atoms with E-state index in [2.05, 4.69) is 120 Å². The summed E-state index contributed by atoms with van der Waals surface area (Å²) in [5, 5.41) is 0. The van der Waals surface area contributed by atoms with E-state index in [-0.39, 0.29) is 10.8 Å². The van der Waals surface area contributed by atoms with Crippen LogP contribution in [0.5, 0.6) is 5.75 Å². The first kappa shape index (κ1) is 24.3. The number of aryl methyl sites for hydroxylation is 1. The summed E-state index contributed by atoms with van der Waals surface area (Å²) in [6, 6.07) is 13.3. The van der Waals surface area contributed by atoms with Crippen LogP contribution in [0.4, 0.5) is 11.4 Å². The van der Waals surface area contributed by atoms with Gasteiger partial charge in [0.05, 0.1) is 12.5 Å². The largest absolute Gasteiger partial charge is 0.497 e. The van der Waals surface area contributed by atoms with Gasteiger partial charge in [-0.3, -0.25) is 0 Å². The maximum atomic E-state index is 5.56. The summed E-state index contributed by atoms with van der Waals surface area (Å²) in [6.45, 7) is 17.1. The van der Waals surface area contributed by atoms with Crippen LogP contribution in [-0.4, -0.2) is 31.0 Å². The molecule has 4 rings (SSSR count). The van der Waals surface area contributed by atoms with Crippen LogP contribution < -0.4 is 9.64 Å². The summed E-state index contributed by atoms with van der Waals surface area (Å²) in [4.78, 5) is 2.52. The molecule has 0 amide bonds. The number of benzene rings is 2. The number of hydrogen-bond donors (Lipinski definition) is 0. The lowest BCUT2D eigenvalue weighted by Gasteiger charge is -2.27. The van der Waals surface area contributed by atoms with Crippen molar-refractivity contribution in [2.75, 3.05) is 25.6 Å². The van der Waals surface area contributed by atoms with Crippen LogP contribution >= 0.6 is 0 Å². The molecule has 0 atom stereocenters. The Hall–Kier alpha value is -2.81. The van der Waals surface area contributed by atoms with Crippen molar-refractivity contribution in [1.29, 1.82) is 0 Å². The van der Waals surface area contributed by atoms with Gasteiger partial charge in [0, 0.05) is 41.1 Å². The fraction of sp³-hybridized carbons (Fsp3) is 0.452. The molecule has 2 heterocycles. The lowest BCUT2D eigenvalue weighted by Crippen LogP contribution is -2.28. The molecule has 0 spiro atoms. The Morgan fingerprint density at radius 2 is 1.74 bits per heavy atom. The van der Waals surface area contributed by atoms with E-state index in [1.54, 1.807) is 7.11 Å². The summed E-state index contributed by atoms with van der Waals surface area (Å²) in [5.41, 5.74) is 9.23. The molecule has 3 heteroatoms. The summed E-state index contributed by atoms with van der Waals surface area (Å²) >= 11 is 0. The number of fused-ring (bicyclic) bond motifs is 2. The molecule has 0 N–H and O–H groups in total. The number of ether oxygens (including phenoxy) is 1. The Morgan fingerprint density at radius 3 is 2.41 bits per heavy atom. The second-order valence-electron chi connectivity index (χ2n) is 11.3. The second kappa shape index (κ2) is 8.76. The van der Waals surface area contributed by atoms with Crippen LogP contribution in [0.2, 0.25) is 0 Å². The van der Waals surface area contributed by atoms with E-state index in [1.165, 1.54) is 39.5 Å². The summed E-state index contributed by atoms with van der Waals surface area (Å²) in [7, 11) is 3.93. The molecule has 2 aliphatic heterocycles. The van der Waals surface area contributed by atoms with Crippen LogP contribution in [0, 0.1) is 12.8 Å². The zero-order valence-corrected chi connectivity index (χ0v) is 22.5. The maximum Gasteiger partial charge on any atom is 0.209 e. The average molecular weight is 458 g/mol. The predicted molar refractivity (Wildman–Crippen MR) is 145 cm³/mol. The smallest absolute Gasteiger partial charge is 0.209 e. The van der Waals surface area contributed by atoms with Crippen molar-refractivity contribution in [1.82, 2.24) is 0 Å². The normalized spacial score (nSPS) is 19.5. The molecular weight excluding hydrogens is 416 g/mol. The maximum absolute atomic E-state index is 5.56. The van der Waals surface area contributed by atoms with Crippen LogP contribution in [0.25, 0.3) is 0 Å². The molecule has 2 aliphatic rings. The van der Waals surface area contributed by atoms with Gasteiger partial charge < -0.3 is 9.64 Å². The van der Waals surface area contributed by atoms with Gasteiger partial charge in [0.1, 0.15) is 12.8 Å². The number of anilines is 1. The minimum absolute atomic E-state index is 0.0238. The lowest BCUT2D eigenvalue weighted by atomic mass is 9.80. The molecule has 0 saturated carbocycles. The monoisotopic (exact) mass is 457 g/mol. The predicted octanol–water partition coefficient (Wildman–Crippen LogP) is 7.29. The zero-order chi connectivity index (χ0) is 24.8. The highest BCUT2D eigenvalue weighted by Crippen LogP contribution is 2.49. The molecule has 180 valence electrons. The first-order chi connectivity index (χ1) is 16.0. The van der Waals surface area contributed by atoms with Crippen molar-refractivity contribution >= 4 is 17.1 Å². The molecule has 0 aliphatic carbocycles. The molecule has 0 fully saturated rings. The van der Waals surface area contributed by atoms with Crippen molar-refractivity contribution in [3.05, 3.63) is 77.0 Å². The van der Waals surface area contributed by atoms with Crippen LogP contribution in [0.15, 0.2) is 60.3 Å². The van der Waals surface area contributed by atoms with Gasteiger partial charge in [-0.05, 0) is 69.0 Å². The quantitative estimate of drug-likeness (QED) is 0.423. The SMILES string of the molecule is COc1ccc2c(c1)C(C)(C)/C(=C\C=C\C1=[N+](C)c3ccc(C)cc3C1(C)C)N2CCC(C)C. The topological polar surface area (TPSA) is 15.5 Å². The number of hydrogen-bond acceptors (Lipinski definition) is 2. The van der Waals surface area contributed by atoms with Gasteiger partial charge in [-0.1, -0.05) is 45.4 Å². The molecule has 0 radical (unpaired) electrons. The standard InChI is InChI=1S/C31H41N2O/c1-21(2)17-18-33-27-16-14-23(34-9)20-25(27)31(6,7)29(33)12-10-11-28-30(4,5)24-19-22(3)13-15-26(24)32(28)8/h10-16,19-21H,17-18H2,1-9H3/q+1. The van der Waals surface area contributed by atoms with Crippen LogP contribution in [-0.2, 0) is 10.8 Å². The molecule has 2 aromatic rings. The van der Waals surface area contributed by atoms with Crippen molar-refractivity contribution < 1.29 is 9.31 Å². The molecule has 2 aromatic carbocycles. The van der Waals surface area contributed by atoms with Gasteiger partial charge >= 0.3 is 0 Å². The lowest BCUT2D eigenvalue weighted by molar-refractivity contribution is -0.401. The first-order valence-electron chi connectivity index (χ1n) is 12.6. The van der Waals surface area contributed by atoms with E-state index in [1.807, 2.05) is 0 Å². The van der Waals surface area contributed by atoms with Crippen molar-refractivity contribution in [3.63, 3.8) is 0 Å². The van der Waals surface area contributed by atoms with E-state index in [4.69, 9.17) is 4.74 Å². The van der Waals surface area contributed by atoms with Crippen molar-refractivity contribution in [2.24, 2.45) is 5.92 Å². The summed E-state index contributed by atoms with van der Waals surface area (Å²) in [5.74, 6) is 1.58. The number of rotatable bonds is 6. The van der Waals surface area contributed by atoms with Crippen molar-refractivity contribution in [2.45, 2.75) is 65.7 Å². The Labute approximate surface area is 206 Å². The van der Waals surface area contributed by atoms with Gasteiger partial charge in [0.25, 0.3) is 0 Å². The van der Waals surface area contributed by atoms with Crippen LogP contribution in [0.1, 0.15) is 64.7 Å². The molecule has 0 unspecified atom stereocenters. The summed E-state index contributed by atoms with van der Waals surface area (Å²) < 4.78 is 7.91. The highest BCUT2D eigenvalue weighted by Gasteiger charge is 2.43. The van der Waals surface area contributed by atoms with Gasteiger partial charge in [-0.15, -0.1) is 0 Å². The molecule has 0 aromatic heterocycles. The zero-order valence-electron chi connectivity index (χ0n) is 22.5. The van der Waals surface area contributed by atoms with E-state index in [9.17, 15) is 0 Å². The fourth-order valence-electron chi connectivity index (χ4n) is 5.59. The Balaban J connectivity index is 1.73. The molecule has 0 bridgehead atoms. The summed E-state index contributed by atoms with van der Waals surface area (Å²) in [6.07, 6.45) is 8.06. The van der Waals surface area contributed by atoms with E-state index >= 15 is 0 Å². The molecule has 3 nitrogen and oxygen atoms in total. The van der Waals surface area contributed by atoms with Gasteiger partial charge in [-0.2, -0.15) is 4.58 Å². The highest BCUT2D eigenvalue weighted by molar-refractivity contribution is 6.03. The molecule has 0 saturated heterocycles. The van der Waals surface area contributed by atoms with Gasteiger partial charge in [0.15, 0.2) is 5.71 Å². The van der Waals surface area contributed by atoms with E-state index in [0.29, 0.717) is 5.92 Å². The second-order valence-corrected chi connectivity index (χ2v) is 11.3. The third-order valence-electron chi connectivity index (χ3n) is 7.73. The van der Waals surface area contributed by atoms with E-state index in [0.717, 1.165) is 18.7 Å². The number of allylic oxidation sites excluding steroid dienone is 4. The number of methoxy groups -OCH3 is 1. The molecule has 34 heavy (non-hydrogen) atoms. The third kappa shape index (κ3) is 4.00. The minimum Gasteiger partial charge on any atom is -0.497 e. The van der Waals surface area contributed by atoms with Gasteiger partial charge in [-0.25, -0.2) is 0 Å². The van der Waals surface area contributed by atoms with Crippen LogP contribution in [0.3, 0.4) is 0 Å². The Morgan fingerprint density at radius 1 is 1.00 bits per heavy atom. The first-order valence-corrected chi connectivity index (χ1v) is 12.6. The van der Waals surface area contributed by atoms with Gasteiger partial charge in [0.2, 0.25) is 5.69 Å². The average Bonchev–Trinajstić information content (AvgIpc) is 3.10.